The highest BCUT2D eigenvalue weighted by atomic mass is 16.6. The number of allylic oxidation sites excluding steroid dienone is 1. The zero-order chi connectivity index (χ0) is 9.47. The molecule has 2 unspecified atom stereocenters. The highest BCUT2D eigenvalue weighted by molar-refractivity contribution is 5.23. The van der Waals surface area contributed by atoms with E-state index in [1.165, 1.54) is 12.8 Å². The van der Waals surface area contributed by atoms with Gasteiger partial charge < -0.3 is 4.84 Å². The van der Waals surface area contributed by atoms with Gasteiger partial charge in [-0.25, -0.2) is 5.90 Å². The summed E-state index contributed by atoms with van der Waals surface area (Å²) in [5, 5.41) is 0. The zero-order valence-electron chi connectivity index (χ0n) is 8.55. The van der Waals surface area contributed by atoms with Crippen LogP contribution < -0.4 is 5.90 Å². The molecule has 0 aromatic rings. The quantitative estimate of drug-likeness (QED) is 0.535. The van der Waals surface area contributed by atoms with Crippen molar-refractivity contribution in [3.8, 4) is 0 Å². The van der Waals surface area contributed by atoms with E-state index in [2.05, 4.69) is 24.8 Å². The maximum Gasteiger partial charge on any atom is 0.0716 e. The number of hydrogen-bond acceptors (Lipinski definition) is 2. The van der Waals surface area contributed by atoms with Crippen molar-refractivity contribution in [2.75, 3.05) is 6.61 Å². The van der Waals surface area contributed by atoms with Crippen LogP contribution in [0, 0.1) is 17.3 Å². The summed E-state index contributed by atoms with van der Waals surface area (Å²) < 4.78 is 0. The Kier molecular flexibility index (Phi) is 2.20. The lowest BCUT2D eigenvalue weighted by molar-refractivity contribution is -0.0109. The van der Waals surface area contributed by atoms with Crippen LogP contribution in [0.4, 0.5) is 0 Å². The fourth-order valence-electron chi connectivity index (χ4n) is 2.93. The molecule has 74 valence electrons. The molecule has 2 heteroatoms. The van der Waals surface area contributed by atoms with Gasteiger partial charge in [0, 0.05) is 0 Å². The average molecular weight is 181 g/mol. The third kappa shape index (κ3) is 1.32. The van der Waals surface area contributed by atoms with E-state index in [9.17, 15) is 0 Å². The molecule has 0 aromatic carbocycles. The van der Waals surface area contributed by atoms with Crippen molar-refractivity contribution in [1.29, 1.82) is 0 Å². The molecular formula is C11H19NO. The number of hydrogen-bond donors (Lipinski definition) is 1. The van der Waals surface area contributed by atoms with Gasteiger partial charge in [0.25, 0.3) is 0 Å². The van der Waals surface area contributed by atoms with Gasteiger partial charge >= 0.3 is 0 Å². The fraction of sp³-hybridized carbons (Fsp3) is 0.818. The van der Waals surface area contributed by atoms with E-state index < -0.39 is 0 Å². The summed E-state index contributed by atoms with van der Waals surface area (Å²) in [7, 11) is 0. The minimum absolute atomic E-state index is 0.540. The van der Waals surface area contributed by atoms with Crippen molar-refractivity contribution in [2.24, 2.45) is 23.1 Å². The van der Waals surface area contributed by atoms with Gasteiger partial charge in [0.05, 0.1) is 6.61 Å². The number of nitrogens with two attached hydrogens (primary N) is 1. The van der Waals surface area contributed by atoms with Crippen molar-refractivity contribution >= 4 is 0 Å². The van der Waals surface area contributed by atoms with Crippen LogP contribution in [0.1, 0.15) is 33.1 Å². The van der Waals surface area contributed by atoms with Crippen LogP contribution in [0.15, 0.2) is 11.6 Å². The minimum Gasteiger partial charge on any atom is -0.304 e. The lowest BCUT2D eigenvalue weighted by Gasteiger charge is -2.56. The van der Waals surface area contributed by atoms with Gasteiger partial charge in [0.1, 0.15) is 0 Å². The van der Waals surface area contributed by atoms with Crippen molar-refractivity contribution in [3.05, 3.63) is 11.6 Å². The van der Waals surface area contributed by atoms with Crippen LogP contribution in [0.5, 0.6) is 0 Å². The van der Waals surface area contributed by atoms with Gasteiger partial charge in [-0.05, 0) is 36.5 Å². The van der Waals surface area contributed by atoms with E-state index in [1.54, 1.807) is 5.57 Å². The van der Waals surface area contributed by atoms with E-state index in [-0.39, 0.29) is 0 Å². The third-order valence-electron chi connectivity index (χ3n) is 4.09. The second-order valence-electron chi connectivity index (χ2n) is 4.94. The summed E-state index contributed by atoms with van der Waals surface area (Å²) in [5.74, 6) is 6.78. The van der Waals surface area contributed by atoms with E-state index in [4.69, 9.17) is 5.90 Å². The summed E-state index contributed by atoms with van der Waals surface area (Å²) in [6.45, 7) is 5.45. The molecule has 1 fully saturated rings. The molecule has 2 N–H and O–H groups in total. The first-order valence-corrected chi connectivity index (χ1v) is 5.17. The van der Waals surface area contributed by atoms with Gasteiger partial charge in [-0.1, -0.05) is 25.5 Å². The van der Waals surface area contributed by atoms with Gasteiger partial charge in [0.15, 0.2) is 0 Å². The Morgan fingerprint density at radius 2 is 2.38 bits per heavy atom. The van der Waals surface area contributed by atoms with Gasteiger partial charge in [0.2, 0.25) is 0 Å². The van der Waals surface area contributed by atoms with E-state index >= 15 is 0 Å². The van der Waals surface area contributed by atoms with Crippen LogP contribution in [0.2, 0.25) is 0 Å². The van der Waals surface area contributed by atoms with Gasteiger partial charge in [-0.2, -0.15) is 0 Å². The molecule has 2 atom stereocenters. The topological polar surface area (TPSA) is 35.2 Å². The summed E-state index contributed by atoms with van der Waals surface area (Å²) >= 11 is 0. The smallest absolute Gasteiger partial charge is 0.0716 e. The maximum absolute atomic E-state index is 5.04. The molecule has 2 nitrogen and oxygen atoms in total. The fourth-order valence-corrected chi connectivity index (χ4v) is 2.93. The summed E-state index contributed by atoms with van der Waals surface area (Å²) in [6, 6.07) is 0. The van der Waals surface area contributed by atoms with E-state index in [1.807, 2.05) is 0 Å². The Morgan fingerprint density at radius 1 is 1.62 bits per heavy atom. The highest BCUT2D eigenvalue weighted by Crippen LogP contribution is 2.59. The van der Waals surface area contributed by atoms with Crippen LogP contribution in [-0.2, 0) is 4.84 Å². The molecule has 0 heterocycles. The first-order valence-electron chi connectivity index (χ1n) is 5.17. The Bertz CT molecular complexity index is 232. The SMILES string of the molecule is CC1(C)C2CC=C(CCON)C1C2. The normalized spacial score (nSPS) is 35.2. The molecule has 1 saturated carbocycles. The first kappa shape index (κ1) is 9.22. The molecule has 0 spiro atoms. The molecule has 0 amide bonds. The molecule has 0 radical (unpaired) electrons. The zero-order valence-corrected chi connectivity index (χ0v) is 8.55. The third-order valence-corrected chi connectivity index (χ3v) is 4.09. The molecular weight excluding hydrogens is 162 g/mol. The second-order valence-corrected chi connectivity index (χ2v) is 4.94. The molecule has 2 bridgehead atoms. The van der Waals surface area contributed by atoms with Crippen molar-refractivity contribution in [2.45, 2.75) is 33.1 Å². The standard InChI is InChI=1S/C11H19NO/c1-11(2)9-4-3-8(5-6-13-12)10(11)7-9/h3,9-10H,4-7,12H2,1-2H3. The Labute approximate surface area is 80.1 Å². The van der Waals surface area contributed by atoms with Crippen LogP contribution in [0.25, 0.3) is 0 Å². The van der Waals surface area contributed by atoms with Crippen LogP contribution in [-0.4, -0.2) is 6.61 Å². The first-order chi connectivity index (χ1) is 6.16. The predicted molar refractivity (Wildman–Crippen MR) is 52.8 cm³/mol. The minimum atomic E-state index is 0.540. The number of fused-ring (bicyclic) bond motifs is 1. The molecule has 0 saturated heterocycles. The summed E-state index contributed by atoms with van der Waals surface area (Å²) in [5.41, 5.74) is 2.12. The molecule has 0 aliphatic heterocycles. The van der Waals surface area contributed by atoms with Gasteiger partial charge in [-0.15, -0.1) is 0 Å². The Morgan fingerprint density at radius 3 is 2.92 bits per heavy atom. The van der Waals surface area contributed by atoms with Crippen LogP contribution in [0.3, 0.4) is 0 Å². The second kappa shape index (κ2) is 3.10. The monoisotopic (exact) mass is 181 g/mol. The number of rotatable bonds is 3. The average Bonchev–Trinajstić information content (AvgIpc) is 2.14. The lowest BCUT2D eigenvalue weighted by atomic mass is 9.48. The summed E-state index contributed by atoms with van der Waals surface area (Å²) in [6.07, 6.45) is 6.09. The molecule has 13 heavy (non-hydrogen) atoms. The Hall–Kier alpha value is -0.340. The van der Waals surface area contributed by atoms with Crippen LogP contribution >= 0.6 is 0 Å². The largest absolute Gasteiger partial charge is 0.304 e. The lowest BCUT2D eigenvalue weighted by Crippen LogP contribution is -2.48. The Balaban J connectivity index is 2.01. The van der Waals surface area contributed by atoms with Crippen molar-refractivity contribution in [3.63, 3.8) is 0 Å². The highest BCUT2D eigenvalue weighted by Gasteiger charge is 2.50. The van der Waals surface area contributed by atoms with E-state index in [0.29, 0.717) is 12.0 Å². The van der Waals surface area contributed by atoms with Crippen molar-refractivity contribution in [1.82, 2.24) is 0 Å². The molecule has 3 aliphatic rings. The summed E-state index contributed by atoms with van der Waals surface area (Å²) in [4.78, 5) is 4.64. The molecule has 0 aromatic heterocycles. The predicted octanol–water partition coefficient (Wildman–Crippen LogP) is 2.26. The van der Waals surface area contributed by atoms with Crippen molar-refractivity contribution < 1.29 is 4.84 Å². The molecule has 3 aliphatic carbocycles. The van der Waals surface area contributed by atoms with E-state index in [0.717, 1.165) is 18.3 Å². The molecule has 3 rings (SSSR count). The maximum atomic E-state index is 5.04. The van der Waals surface area contributed by atoms with Gasteiger partial charge in [-0.3, -0.25) is 0 Å².